The van der Waals surface area contributed by atoms with E-state index in [1.807, 2.05) is 18.2 Å². The van der Waals surface area contributed by atoms with Gasteiger partial charge in [0.1, 0.15) is 19.3 Å². The van der Waals surface area contributed by atoms with Crippen LogP contribution < -0.4 is 0 Å². The Balaban J connectivity index is 5.41. The highest BCUT2D eigenvalue weighted by atomic mass is 31.2. The number of rotatable bonds is 68. The lowest BCUT2D eigenvalue weighted by atomic mass is 10.1. The summed E-state index contributed by atoms with van der Waals surface area (Å²) in [5.41, 5.74) is 0. The minimum Gasteiger partial charge on any atom is -0.462 e. The molecule has 0 aromatic carbocycles. The molecule has 0 aliphatic rings. The van der Waals surface area contributed by atoms with Gasteiger partial charge < -0.3 is 33.8 Å². The van der Waals surface area contributed by atoms with Gasteiger partial charge in [0.15, 0.2) is 12.2 Å². The molecule has 0 rings (SSSR count). The maximum absolute atomic E-state index is 13.1. The van der Waals surface area contributed by atoms with E-state index >= 15 is 0 Å². The molecule has 0 amide bonds. The molecule has 0 aliphatic carbocycles. The van der Waals surface area contributed by atoms with E-state index in [-0.39, 0.29) is 25.7 Å². The maximum Gasteiger partial charge on any atom is 0.472 e. The van der Waals surface area contributed by atoms with E-state index < -0.39 is 97.5 Å². The van der Waals surface area contributed by atoms with Crippen molar-refractivity contribution >= 4 is 39.5 Å². The molecule has 0 radical (unpaired) electrons. The highest BCUT2D eigenvalue weighted by Gasteiger charge is 2.30. The van der Waals surface area contributed by atoms with Crippen LogP contribution in [-0.4, -0.2) is 96.7 Å². The molecule has 17 nitrogen and oxygen atoms in total. The summed E-state index contributed by atoms with van der Waals surface area (Å²) < 4.78 is 68.2. The maximum atomic E-state index is 13.1. The first-order chi connectivity index (χ1) is 47.7. The second-order valence-corrected chi connectivity index (χ2v) is 27.0. The van der Waals surface area contributed by atoms with Crippen LogP contribution in [0.4, 0.5) is 0 Å². The second kappa shape index (κ2) is 70.4. The van der Waals surface area contributed by atoms with Gasteiger partial charge in [0, 0.05) is 19.3 Å². The second-order valence-electron chi connectivity index (χ2n) is 24.1. The summed E-state index contributed by atoms with van der Waals surface area (Å²) in [6.45, 7) is 4.38. The lowest BCUT2D eigenvalue weighted by Crippen LogP contribution is -2.30. The Morgan fingerprint density at radius 2 is 0.592 bits per heavy atom. The fourth-order valence-electron chi connectivity index (χ4n) is 9.24. The molecule has 0 heterocycles. The zero-order valence-corrected chi connectivity index (χ0v) is 62.4. The Kier molecular flexibility index (Phi) is 66.7. The van der Waals surface area contributed by atoms with Crippen LogP contribution in [0, 0.1) is 0 Å². The summed E-state index contributed by atoms with van der Waals surface area (Å²) in [5, 5.41) is 10.6. The van der Waals surface area contributed by atoms with Gasteiger partial charge in [-0.2, -0.15) is 0 Å². The smallest absolute Gasteiger partial charge is 0.462 e. The zero-order valence-electron chi connectivity index (χ0n) is 60.7. The number of esters is 4. The van der Waals surface area contributed by atoms with E-state index in [0.29, 0.717) is 25.7 Å². The average molecular weight is 1410 g/mol. The Labute approximate surface area is 592 Å². The largest absolute Gasteiger partial charge is 0.472 e. The zero-order chi connectivity index (χ0) is 71.8. The first-order valence-electron chi connectivity index (χ1n) is 37.1. The fourth-order valence-corrected chi connectivity index (χ4v) is 10.8. The Hall–Kier alpha value is -5.06. The van der Waals surface area contributed by atoms with E-state index in [1.54, 1.807) is 6.08 Å². The number of hydrogen-bond donors (Lipinski definition) is 3. The molecule has 19 heteroatoms. The van der Waals surface area contributed by atoms with Crippen LogP contribution in [0.25, 0.3) is 0 Å². The molecule has 0 bridgehead atoms. The SMILES string of the molecule is CC/C=C\C/C=C\C/C=C\C/C=C\C/C=C\CCCCCC(=O)OCC(COP(=O)(O)OCC(O)COP(=O)(O)OCC(COC(=O)C/C=C\C/C=C\C/C=C\C/C=C\C/C=C\CC)OC(=O)CCCCCCC/C=C\C/C=C\CCC)OC(=O)CCCCCCCCCCCCC. The number of carbonyl (C=O) groups is 4. The van der Waals surface area contributed by atoms with Gasteiger partial charge >= 0.3 is 39.5 Å². The number of unbranched alkanes of at least 4 members (excludes halogenated alkanes) is 19. The third kappa shape index (κ3) is 69.4. The molecule has 0 aliphatic heterocycles. The molecule has 0 saturated carbocycles. The van der Waals surface area contributed by atoms with E-state index in [4.69, 9.17) is 37.0 Å². The summed E-state index contributed by atoms with van der Waals surface area (Å²) in [5.74, 6) is -2.38. The number of phosphoric ester groups is 2. The fraction of sp³-hybridized carbons (Fsp3) is 0.646. The molecule has 0 aromatic heterocycles. The van der Waals surface area contributed by atoms with Gasteiger partial charge in [-0.15, -0.1) is 0 Å². The number of hydrogen-bond acceptors (Lipinski definition) is 15. The number of ether oxygens (including phenoxy) is 4. The molecular weight excluding hydrogens is 1280 g/mol. The van der Waals surface area contributed by atoms with Gasteiger partial charge in [0.25, 0.3) is 0 Å². The molecular formula is C79H130O17P2. The van der Waals surface area contributed by atoms with Crippen molar-refractivity contribution in [2.45, 2.75) is 290 Å². The predicted molar refractivity (Wildman–Crippen MR) is 399 cm³/mol. The number of aliphatic hydroxyl groups is 1. The summed E-state index contributed by atoms with van der Waals surface area (Å²) >= 11 is 0. The summed E-state index contributed by atoms with van der Waals surface area (Å²) in [6, 6.07) is 0. The number of aliphatic hydroxyl groups excluding tert-OH is 1. The van der Waals surface area contributed by atoms with Crippen molar-refractivity contribution in [3.63, 3.8) is 0 Å². The third-order valence-electron chi connectivity index (χ3n) is 14.8. The number of carbonyl (C=O) groups excluding carboxylic acids is 4. The molecule has 0 aromatic rings. The van der Waals surface area contributed by atoms with Crippen LogP contribution in [0.3, 0.4) is 0 Å². The van der Waals surface area contributed by atoms with Gasteiger partial charge in [-0.05, 0) is 122 Å². The molecule has 0 saturated heterocycles. The van der Waals surface area contributed by atoms with Crippen LogP contribution in [0.2, 0.25) is 0 Å². The highest BCUT2D eigenvalue weighted by molar-refractivity contribution is 7.47. The van der Waals surface area contributed by atoms with E-state index in [9.17, 15) is 43.2 Å². The minimum atomic E-state index is -5.00. The Bertz CT molecular complexity index is 2430. The number of phosphoric acid groups is 2. The number of allylic oxidation sites excluding steroid dienone is 23. The summed E-state index contributed by atoms with van der Waals surface area (Å²) in [4.78, 5) is 72.7. The minimum absolute atomic E-state index is 0.0550. The first-order valence-corrected chi connectivity index (χ1v) is 40.1. The van der Waals surface area contributed by atoms with Crippen LogP contribution in [0.5, 0.6) is 0 Å². The van der Waals surface area contributed by atoms with E-state index in [1.165, 1.54) is 38.5 Å². The van der Waals surface area contributed by atoms with E-state index in [0.717, 1.165) is 154 Å². The lowest BCUT2D eigenvalue weighted by Gasteiger charge is -2.21. The quantitative estimate of drug-likeness (QED) is 0.0169. The summed E-state index contributed by atoms with van der Waals surface area (Å²) in [6.07, 6.45) is 78.8. The van der Waals surface area contributed by atoms with Crippen molar-refractivity contribution < 1.29 is 80.2 Å². The molecule has 558 valence electrons. The van der Waals surface area contributed by atoms with Crippen LogP contribution in [-0.2, 0) is 65.4 Å². The first kappa shape index (κ1) is 92.9. The topological polar surface area (TPSA) is 237 Å². The van der Waals surface area contributed by atoms with Gasteiger partial charge in [0.05, 0.1) is 32.8 Å². The Morgan fingerprint density at radius 3 is 0.959 bits per heavy atom. The predicted octanol–water partition coefficient (Wildman–Crippen LogP) is 21.1. The monoisotopic (exact) mass is 1410 g/mol. The summed E-state index contributed by atoms with van der Waals surface area (Å²) in [7, 11) is -9.99. The van der Waals surface area contributed by atoms with Crippen molar-refractivity contribution in [1.29, 1.82) is 0 Å². The average Bonchev–Trinajstić information content (AvgIpc) is 1.00. The van der Waals surface area contributed by atoms with Crippen molar-refractivity contribution in [3.05, 3.63) is 146 Å². The normalized spacial score (nSPS) is 14.8. The lowest BCUT2D eigenvalue weighted by molar-refractivity contribution is -0.161. The van der Waals surface area contributed by atoms with Crippen molar-refractivity contribution in [3.8, 4) is 0 Å². The Morgan fingerprint density at radius 1 is 0.306 bits per heavy atom. The molecule has 0 spiro atoms. The van der Waals surface area contributed by atoms with Gasteiger partial charge in [-0.1, -0.05) is 270 Å². The molecule has 5 unspecified atom stereocenters. The van der Waals surface area contributed by atoms with E-state index in [2.05, 4.69) is 149 Å². The molecule has 0 fully saturated rings. The third-order valence-corrected chi connectivity index (χ3v) is 16.7. The molecule has 3 N–H and O–H groups in total. The van der Waals surface area contributed by atoms with Crippen molar-refractivity contribution in [2.24, 2.45) is 0 Å². The highest BCUT2D eigenvalue weighted by Crippen LogP contribution is 2.45. The standard InChI is InChI=1S/C79H130O17P2/c1-5-9-13-17-21-25-29-32-34-35-36-37-39-42-45-48-52-56-60-64-77(82)89-69-74(95-78(83)65-61-57-53-49-43-28-24-20-16-12-8-4)71-93-97(85,86)91-67-73(80)68-92-98(87,88)94-72-75(96-79(84)66-62-58-54-50-46-40-31-27-23-19-15-11-7-3)70-90-76(81)63-59-55-51-47-44-41-38-33-30-26-22-18-14-10-6-2/h9-10,13-15,19,21-22,25-27,31-34,36-38,42,44-45,47,55,59,73-75,80H,5-8,11-12,16-18,20,23-24,28-30,35,39-41,43,46,48-54,56-58,60-72H2,1-4H3,(H,85,86)(H,87,88)/b13-9-,14-10-,19-15-,25-21-,26-22-,31-27-,34-32-,37-36-,38-33-,45-42-,47-44-,59-55-. The van der Waals surface area contributed by atoms with Gasteiger partial charge in [-0.25, -0.2) is 9.13 Å². The van der Waals surface area contributed by atoms with Crippen LogP contribution >= 0.6 is 15.6 Å². The molecule has 98 heavy (non-hydrogen) atoms. The van der Waals surface area contributed by atoms with Crippen LogP contribution in [0.15, 0.2) is 146 Å². The van der Waals surface area contributed by atoms with Crippen molar-refractivity contribution in [1.82, 2.24) is 0 Å². The van der Waals surface area contributed by atoms with Gasteiger partial charge in [-0.3, -0.25) is 37.3 Å². The molecule has 5 atom stereocenters. The van der Waals surface area contributed by atoms with Gasteiger partial charge in [0.2, 0.25) is 0 Å². The van der Waals surface area contributed by atoms with Crippen molar-refractivity contribution in [2.75, 3.05) is 39.6 Å². The van der Waals surface area contributed by atoms with Crippen LogP contribution in [0.1, 0.15) is 272 Å².